The fourth-order valence-corrected chi connectivity index (χ4v) is 2.45. The molecule has 0 bridgehead atoms. The van der Waals surface area contributed by atoms with E-state index < -0.39 is 0 Å². The highest BCUT2D eigenvalue weighted by molar-refractivity contribution is 6.31. The Morgan fingerprint density at radius 1 is 0.962 bits per heavy atom. The van der Waals surface area contributed by atoms with Gasteiger partial charge in [0, 0.05) is 5.02 Å². The van der Waals surface area contributed by atoms with Crippen molar-refractivity contribution in [1.82, 2.24) is 0 Å². The molecule has 0 atom stereocenters. The van der Waals surface area contributed by atoms with Crippen LogP contribution >= 0.6 is 11.6 Å². The number of anilines is 1. The fourth-order valence-electron chi connectivity index (χ4n) is 2.27. The third-order valence-electron chi connectivity index (χ3n) is 3.58. The van der Waals surface area contributed by atoms with Crippen molar-refractivity contribution < 1.29 is 14.3 Å². The van der Waals surface area contributed by atoms with Crippen LogP contribution in [0.5, 0.6) is 17.2 Å². The monoisotopic (exact) mass is 367 g/mol. The van der Waals surface area contributed by atoms with E-state index in [9.17, 15) is 4.79 Å². The van der Waals surface area contributed by atoms with Gasteiger partial charge in [-0.3, -0.25) is 4.79 Å². The third kappa shape index (κ3) is 5.01. The normalized spacial score (nSPS) is 10.2. The summed E-state index contributed by atoms with van der Waals surface area (Å²) in [5.74, 6) is 1.51. The lowest BCUT2D eigenvalue weighted by molar-refractivity contribution is -0.118. The van der Waals surface area contributed by atoms with E-state index in [0.717, 1.165) is 5.56 Å². The lowest BCUT2D eigenvalue weighted by atomic mass is 10.2. The summed E-state index contributed by atoms with van der Waals surface area (Å²) in [7, 11) is 0. The number of carbonyl (C=O) groups excluding carboxylic acids is 1. The van der Waals surface area contributed by atoms with Crippen LogP contribution in [-0.2, 0) is 4.79 Å². The molecular weight excluding hydrogens is 350 g/mol. The molecule has 4 nitrogen and oxygen atoms in total. The molecule has 0 spiro atoms. The number of hydrogen-bond donors (Lipinski definition) is 1. The second-order valence-corrected chi connectivity index (χ2v) is 6.14. The lowest BCUT2D eigenvalue weighted by Gasteiger charge is -2.13. The van der Waals surface area contributed by atoms with Crippen molar-refractivity contribution in [3.63, 3.8) is 0 Å². The van der Waals surface area contributed by atoms with Crippen molar-refractivity contribution in [1.29, 1.82) is 0 Å². The van der Waals surface area contributed by atoms with Crippen LogP contribution in [0.3, 0.4) is 0 Å². The molecule has 0 aliphatic carbocycles. The van der Waals surface area contributed by atoms with E-state index in [0.29, 0.717) is 28.0 Å². The molecule has 0 aliphatic heterocycles. The lowest BCUT2D eigenvalue weighted by Crippen LogP contribution is -2.20. The molecule has 0 saturated carbocycles. The van der Waals surface area contributed by atoms with Crippen LogP contribution in [0.25, 0.3) is 0 Å². The number of hydrogen-bond acceptors (Lipinski definition) is 3. The molecule has 0 fully saturated rings. The Balaban J connectivity index is 1.67. The summed E-state index contributed by atoms with van der Waals surface area (Å²) in [4.78, 5) is 12.2. The summed E-state index contributed by atoms with van der Waals surface area (Å²) in [6.07, 6.45) is 0. The largest absolute Gasteiger partial charge is 0.484 e. The van der Waals surface area contributed by atoms with Crippen LogP contribution in [0.4, 0.5) is 5.69 Å². The maximum atomic E-state index is 12.2. The van der Waals surface area contributed by atoms with Gasteiger partial charge in [-0.15, -0.1) is 0 Å². The Hall–Kier alpha value is -2.98. The molecule has 0 aromatic heterocycles. The molecule has 1 amide bonds. The van der Waals surface area contributed by atoms with E-state index in [1.807, 2.05) is 61.5 Å². The molecule has 5 heteroatoms. The summed E-state index contributed by atoms with van der Waals surface area (Å²) in [5, 5.41) is 3.28. The van der Waals surface area contributed by atoms with Crippen LogP contribution in [0.1, 0.15) is 5.56 Å². The summed E-state index contributed by atoms with van der Waals surface area (Å²) in [6.45, 7) is 1.88. The second-order valence-electron chi connectivity index (χ2n) is 5.71. The highest BCUT2D eigenvalue weighted by atomic mass is 35.5. The van der Waals surface area contributed by atoms with Gasteiger partial charge < -0.3 is 14.8 Å². The van der Waals surface area contributed by atoms with Gasteiger partial charge in [0.2, 0.25) is 0 Å². The van der Waals surface area contributed by atoms with E-state index in [2.05, 4.69) is 5.32 Å². The molecule has 1 N–H and O–H groups in total. The molecule has 0 saturated heterocycles. The standard InChI is InChI=1S/C21H18ClNO3/c1-15-7-10-17(11-8-15)25-14-21(24)23-19-13-16(22)9-12-20(19)26-18-5-3-2-4-6-18/h2-13H,14H2,1H3,(H,23,24). The molecule has 0 heterocycles. The number of rotatable bonds is 6. The quantitative estimate of drug-likeness (QED) is 0.629. The number of halogens is 1. The topological polar surface area (TPSA) is 47.6 Å². The summed E-state index contributed by atoms with van der Waals surface area (Å²) in [6, 6.07) is 21.9. The Morgan fingerprint density at radius 2 is 1.69 bits per heavy atom. The van der Waals surface area contributed by atoms with E-state index >= 15 is 0 Å². The molecule has 0 unspecified atom stereocenters. The highest BCUT2D eigenvalue weighted by Crippen LogP contribution is 2.32. The Kier molecular flexibility index (Phi) is 5.77. The first-order valence-corrected chi connectivity index (χ1v) is 8.50. The van der Waals surface area contributed by atoms with Gasteiger partial charge >= 0.3 is 0 Å². The first-order chi connectivity index (χ1) is 12.6. The van der Waals surface area contributed by atoms with Crippen molar-refractivity contribution in [2.75, 3.05) is 11.9 Å². The molecule has 3 aromatic rings. The van der Waals surface area contributed by atoms with Crippen molar-refractivity contribution in [2.45, 2.75) is 6.92 Å². The fraction of sp³-hybridized carbons (Fsp3) is 0.0952. The van der Waals surface area contributed by atoms with Gasteiger partial charge in [-0.05, 0) is 49.4 Å². The smallest absolute Gasteiger partial charge is 0.262 e. The summed E-state index contributed by atoms with van der Waals surface area (Å²) < 4.78 is 11.3. The van der Waals surface area contributed by atoms with Crippen LogP contribution < -0.4 is 14.8 Å². The predicted octanol–water partition coefficient (Wildman–Crippen LogP) is 5.46. The minimum Gasteiger partial charge on any atom is -0.484 e. The van der Waals surface area contributed by atoms with Gasteiger partial charge in [0.25, 0.3) is 5.91 Å². The Bertz CT molecular complexity index is 880. The number of para-hydroxylation sites is 1. The van der Waals surface area contributed by atoms with Crippen molar-refractivity contribution in [2.24, 2.45) is 0 Å². The minimum absolute atomic E-state index is 0.111. The van der Waals surface area contributed by atoms with Crippen LogP contribution in [-0.4, -0.2) is 12.5 Å². The van der Waals surface area contributed by atoms with Crippen LogP contribution in [0.2, 0.25) is 5.02 Å². The van der Waals surface area contributed by atoms with Gasteiger partial charge in [0.1, 0.15) is 11.5 Å². The van der Waals surface area contributed by atoms with E-state index in [1.165, 1.54) is 0 Å². The van der Waals surface area contributed by atoms with Gasteiger partial charge in [-0.25, -0.2) is 0 Å². The number of amides is 1. The Morgan fingerprint density at radius 3 is 2.42 bits per heavy atom. The van der Waals surface area contributed by atoms with Crippen molar-refractivity contribution >= 4 is 23.2 Å². The van der Waals surface area contributed by atoms with Crippen LogP contribution in [0.15, 0.2) is 72.8 Å². The molecule has 0 radical (unpaired) electrons. The summed E-state index contributed by atoms with van der Waals surface area (Å²) >= 11 is 6.05. The first-order valence-electron chi connectivity index (χ1n) is 8.12. The number of ether oxygens (including phenoxy) is 2. The maximum Gasteiger partial charge on any atom is 0.262 e. The number of aryl methyl sites for hydroxylation is 1. The maximum absolute atomic E-state index is 12.2. The molecule has 132 valence electrons. The number of carbonyl (C=O) groups is 1. The zero-order valence-electron chi connectivity index (χ0n) is 14.2. The van der Waals surface area contributed by atoms with E-state index in [-0.39, 0.29) is 12.5 Å². The number of nitrogens with one attached hydrogen (secondary N) is 1. The minimum atomic E-state index is -0.300. The van der Waals surface area contributed by atoms with Gasteiger partial charge in [-0.1, -0.05) is 47.5 Å². The molecular formula is C21H18ClNO3. The zero-order chi connectivity index (χ0) is 18.4. The highest BCUT2D eigenvalue weighted by Gasteiger charge is 2.11. The SMILES string of the molecule is Cc1ccc(OCC(=O)Nc2cc(Cl)ccc2Oc2ccccc2)cc1. The number of benzene rings is 3. The molecule has 3 rings (SSSR count). The van der Waals surface area contributed by atoms with E-state index in [1.54, 1.807) is 18.2 Å². The average Bonchev–Trinajstić information content (AvgIpc) is 2.64. The van der Waals surface area contributed by atoms with Gasteiger partial charge in [0.15, 0.2) is 12.4 Å². The second kappa shape index (κ2) is 8.41. The average molecular weight is 368 g/mol. The van der Waals surface area contributed by atoms with Gasteiger partial charge in [-0.2, -0.15) is 0 Å². The van der Waals surface area contributed by atoms with Gasteiger partial charge in [0.05, 0.1) is 5.69 Å². The molecule has 3 aromatic carbocycles. The van der Waals surface area contributed by atoms with Crippen molar-refractivity contribution in [3.8, 4) is 17.2 Å². The van der Waals surface area contributed by atoms with E-state index in [4.69, 9.17) is 21.1 Å². The predicted molar refractivity (Wildman–Crippen MR) is 103 cm³/mol. The molecule has 0 aliphatic rings. The molecule has 26 heavy (non-hydrogen) atoms. The Labute approximate surface area is 157 Å². The summed E-state index contributed by atoms with van der Waals surface area (Å²) in [5.41, 5.74) is 1.61. The first kappa shape index (κ1) is 17.8. The third-order valence-corrected chi connectivity index (χ3v) is 3.81. The van der Waals surface area contributed by atoms with Crippen molar-refractivity contribution in [3.05, 3.63) is 83.4 Å². The van der Waals surface area contributed by atoms with Crippen LogP contribution in [0, 0.1) is 6.92 Å². The zero-order valence-corrected chi connectivity index (χ0v) is 15.0.